The van der Waals surface area contributed by atoms with Crippen LogP contribution in [0.3, 0.4) is 0 Å². The van der Waals surface area contributed by atoms with E-state index in [-0.39, 0.29) is 23.3 Å². The summed E-state index contributed by atoms with van der Waals surface area (Å²) in [5, 5.41) is 2.47. The number of amides is 2. The van der Waals surface area contributed by atoms with Crippen molar-refractivity contribution in [3.8, 4) is 0 Å². The second-order valence-corrected chi connectivity index (χ2v) is 4.83. The third kappa shape index (κ3) is 2.97. The fraction of sp³-hybridized carbons (Fsp3) is 0.727. The highest BCUT2D eigenvalue weighted by atomic mass is 32.1. The van der Waals surface area contributed by atoms with Gasteiger partial charge >= 0.3 is 0 Å². The second-order valence-electron chi connectivity index (χ2n) is 4.39. The molecule has 7 heteroatoms. The molecule has 1 saturated heterocycles. The lowest BCUT2D eigenvalue weighted by Crippen LogP contribution is -2.53. The maximum absolute atomic E-state index is 12.4. The van der Waals surface area contributed by atoms with Gasteiger partial charge in [0.05, 0.1) is 11.5 Å². The number of carbonyl (C=O) groups is 2. The van der Waals surface area contributed by atoms with Crippen molar-refractivity contribution in [2.24, 2.45) is 11.1 Å². The van der Waals surface area contributed by atoms with Gasteiger partial charge in [0, 0.05) is 27.3 Å². The number of carbonyl (C=O) groups excluding carboxylic acids is 2. The summed E-state index contributed by atoms with van der Waals surface area (Å²) < 4.78 is 5.24. The van der Waals surface area contributed by atoms with Crippen LogP contribution in [0.15, 0.2) is 0 Å². The minimum atomic E-state index is -0.865. The summed E-state index contributed by atoms with van der Waals surface area (Å²) >= 11 is 5.04. The summed E-state index contributed by atoms with van der Waals surface area (Å²) in [6.45, 7) is 0.911. The number of rotatable bonds is 4. The zero-order chi connectivity index (χ0) is 13.8. The van der Waals surface area contributed by atoms with Gasteiger partial charge in [0.15, 0.2) is 0 Å². The Morgan fingerprint density at radius 2 is 2.00 bits per heavy atom. The molecule has 1 heterocycles. The minimum absolute atomic E-state index is 0.000549. The van der Waals surface area contributed by atoms with Crippen molar-refractivity contribution in [1.29, 1.82) is 0 Å². The van der Waals surface area contributed by atoms with Crippen molar-refractivity contribution in [3.05, 3.63) is 0 Å². The molecule has 3 N–H and O–H groups in total. The van der Waals surface area contributed by atoms with Gasteiger partial charge < -0.3 is 20.7 Å². The van der Waals surface area contributed by atoms with Crippen molar-refractivity contribution in [2.75, 3.05) is 33.9 Å². The van der Waals surface area contributed by atoms with E-state index < -0.39 is 5.41 Å². The maximum Gasteiger partial charge on any atom is 0.239 e. The van der Waals surface area contributed by atoms with Crippen molar-refractivity contribution in [1.82, 2.24) is 10.2 Å². The Balaban J connectivity index is 2.82. The first-order chi connectivity index (χ1) is 8.44. The normalized spacial score (nSPS) is 17.9. The first-order valence-electron chi connectivity index (χ1n) is 5.78. The smallest absolute Gasteiger partial charge is 0.239 e. The van der Waals surface area contributed by atoms with E-state index in [0.717, 1.165) is 0 Å². The molecule has 0 radical (unpaired) electrons. The molecule has 6 nitrogen and oxygen atoms in total. The monoisotopic (exact) mass is 273 g/mol. The molecule has 0 saturated carbocycles. The highest BCUT2D eigenvalue weighted by Crippen LogP contribution is 2.32. The zero-order valence-corrected chi connectivity index (χ0v) is 11.5. The van der Waals surface area contributed by atoms with Crippen LogP contribution in [-0.2, 0) is 14.3 Å². The molecule has 0 unspecified atom stereocenters. The van der Waals surface area contributed by atoms with Gasteiger partial charge in [-0.05, 0) is 12.8 Å². The lowest BCUT2D eigenvalue weighted by Gasteiger charge is -2.37. The van der Waals surface area contributed by atoms with Crippen LogP contribution in [0.1, 0.15) is 12.8 Å². The van der Waals surface area contributed by atoms with Gasteiger partial charge in [0.2, 0.25) is 11.8 Å². The summed E-state index contributed by atoms with van der Waals surface area (Å²) in [5.74, 6) is -0.433. The number of ether oxygens (including phenoxy) is 1. The van der Waals surface area contributed by atoms with Crippen molar-refractivity contribution < 1.29 is 14.3 Å². The van der Waals surface area contributed by atoms with E-state index in [9.17, 15) is 9.59 Å². The average Bonchev–Trinajstić information content (AvgIpc) is 2.38. The lowest BCUT2D eigenvalue weighted by molar-refractivity contribution is -0.143. The minimum Gasteiger partial charge on any atom is -0.392 e. The van der Waals surface area contributed by atoms with Crippen molar-refractivity contribution in [2.45, 2.75) is 12.8 Å². The van der Waals surface area contributed by atoms with E-state index in [2.05, 4.69) is 5.32 Å². The third-order valence-corrected chi connectivity index (χ3v) is 3.62. The predicted molar refractivity (Wildman–Crippen MR) is 71.0 cm³/mol. The molecule has 0 aromatic rings. The Bertz CT molecular complexity index is 353. The summed E-state index contributed by atoms with van der Waals surface area (Å²) in [4.78, 5) is 25.3. The number of nitrogens with zero attached hydrogens (tertiary/aromatic N) is 1. The number of likely N-dealkylation sites (N-methyl/N-ethyl adjacent to an activating group) is 2. The molecular formula is C11H19N3O3S. The Hall–Kier alpha value is -1.21. The molecule has 18 heavy (non-hydrogen) atoms. The first-order valence-corrected chi connectivity index (χ1v) is 6.18. The van der Waals surface area contributed by atoms with E-state index in [0.29, 0.717) is 26.1 Å². The number of hydrogen-bond acceptors (Lipinski definition) is 4. The topological polar surface area (TPSA) is 84.7 Å². The van der Waals surface area contributed by atoms with E-state index in [1.165, 1.54) is 11.9 Å². The Morgan fingerprint density at radius 3 is 2.44 bits per heavy atom. The highest BCUT2D eigenvalue weighted by Gasteiger charge is 2.44. The Morgan fingerprint density at radius 1 is 1.44 bits per heavy atom. The van der Waals surface area contributed by atoms with Gasteiger partial charge in [-0.2, -0.15) is 0 Å². The van der Waals surface area contributed by atoms with E-state index in [4.69, 9.17) is 22.7 Å². The number of nitrogens with one attached hydrogen (secondary N) is 1. The van der Waals surface area contributed by atoms with Crippen LogP contribution in [0.5, 0.6) is 0 Å². The molecule has 1 aliphatic heterocycles. The molecular weight excluding hydrogens is 254 g/mol. The fourth-order valence-electron chi connectivity index (χ4n) is 2.02. The number of hydrogen-bond donors (Lipinski definition) is 2. The molecule has 102 valence electrons. The molecule has 0 aromatic carbocycles. The molecule has 1 fully saturated rings. The van der Waals surface area contributed by atoms with Gasteiger partial charge in [0.25, 0.3) is 0 Å². The number of nitrogens with two attached hydrogens (primary N) is 1. The average molecular weight is 273 g/mol. The summed E-state index contributed by atoms with van der Waals surface area (Å²) in [7, 11) is 3.10. The van der Waals surface area contributed by atoms with Crippen LogP contribution < -0.4 is 11.1 Å². The van der Waals surface area contributed by atoms with Gasteiger partial charge in [-0.25, -0.2) is 0 Å². The molecule has 0 bridgehead atoms. The van der Waals surface area contributed by atoms with Crippen LogP contribution in [0.2, 0.25) is 0 Å². The van der Waals surface area contributed by atoms with Crippen LogP contribution >= 0.6 is 12.2 Å². The van der Waals surface area contributed by atoms with Gasteiger partial charge in [-0.1, -0.05) is 12.2 Å². The Labute approximate surface area is 112 Å². The molecule has 0 spiro atoms. The van der Waals surface area contributed by atoms with E-state index in [1.54, 1.807) is 7.05 Å². The van der Waals surface area contributed by atoms with Gasteiger partial charge in [0.1, 0.15) is 5.41 Å². The molecule has 1 rings (SSSR count). The van der Waals surface area contributed by atoms with Crippen molar-refractivity contribution in [3.63, 3.8) is 0 Å². The van der Waals surface area contributed by atoms with Crippen LogP contribution in [0, 0.1) is 5.41 Å². The second kappa shape index (κ2) is 6.10. The highest BCUT2D eigenvalue weighted by molar-refractivity contribution is 7.80. The van der Waals surface area contributed by atoms with Crippen molar-refractivity contribution >= 4 is 29.0 Å². The summed E-state index contributed by atoms with van der Waals surface area (Å²) in [5.41, 5.74) is 4.87. The maximum atomic E-state index is 12.4. The molecule has 2 amide bonds. The van der Waals surface area contributed by atoms with Gasteiger partial charge in [-0.3, -0.25) is 9.59 Å². The summed E-state index contributed by atoms with van der Waals surface area (Å²) in [6.07, 6.45) is 0.943. The number of thiocarbonyl (C=S) groups is 1. The first kappa shape index (κ1) is 14.8. The standard InChI is InChI=1S/C11H19N3O3S/c1-13-8(15)7-14(2)10(16)11(9(12)18)3-5-17-6-4-11/h3-7H2,1-2H3,(H2,12,18)(H,13,15). The summed E-state index contributed by atoms with van der Waals surface area (Å²) in [6, 6.07) is 0. The third-order valence-electron chi connectivity index (χ3n) is 3.23. The lowest BCUT2D eigenvalue weighted by atomic mass is 9.78. The molecule has 0 aromatic heterocycles. The quantitative estimate of drug-likeness (QED) is 0.660. The van der Waals surface area contributed by atoms with Gasteiger partial charge in [-0.15, -0.1) is 0 Å². The van der Waals surface area contributed by atoms with Crippen LogP contribution in [0.25, 0.3) is 0 Å². The van der Waals surface area contributed by atoms with E-state index in [1.807, 2.05) is 0 Å². The van der Waals surface area contributed by atoms with Crippen LogP contribution in [0.4, 0.5) is 0 Å². The Kier molecular flexibility index (Phi) is 5.03. The SMILES string of the molecule is CNC(=O)CN(C)C(=O)C1(C(N)=S)CCOCC1. The fourth-order valence-corrected chi connectivity index (χ4v) is 2.31. The predicted octanol–water partition coefficient (Wildman–Crippen LogP) is -0.726. The molecule has 0 atom stereocenters. The van der Waals surface area contributed by atoms with Crippen LogP contribution in [-0.4, -0.2) is 55.6 Å². The molecule has 1 aliphatic rings. The van der Waals surface area contributed by atoms with E-state index >= 15 is 0 Å². The largest absolute Gasteiger partial charge is 0.392 e. The molecule has 0 aliphatic carbocycles. The zero-order valence-electron chi connectivity index (χ0n) is 10.7.